The van der Waals surface area contributed by atoms with Gasteiger partial charge >= 0.3 is 0 Å². The van der Waals surface area contributed by atoms with E-state index in [0.29, 0.717) is 13.0 Å². The Morgan fingerprint density at radius 3 is 2.73 bits per heavy atom. The standard InChI is InChI=1S/C20H27N3OS.ClH/c21-10-14-22(11-6-17-4-2-1-3-5-17)12-8-20(24)23-13-7-19-18(16-23)9-15-25-19;/h1-5,9,15H,6-8,10-14,16,21H2;1H. The summed E-state index contributed by atoms with van der Waals surface area (Å²) in [6.07, 6.45) is 2.57. The highest BCUT2D eigenvalue weighted by atomic mass is 35.5. The van der Waals surface area contributed by atoms with Gasteiger partial charge < -0.3 is 15.5 Å². The fourth-order valence-corrected chi connectivity index (χ4v) is 4.21. The number of benzene rings is 1. The number of nitrogens with zero attached hydrogens (tertiary/aromatic N) is 2. The molecule has 0 aliphatic carbocycles. The summed E-state index contributed by atoms with van der Waals surface area (Å²) in [6.45, 7) is 4.84. The molecule has 1 aliphatic rings. The quantitative estimate of drug-likeness (QED) is 0.750. The minimum absolute atomic E-state index is 0. The second-order valence-corrected chi connectivity index (χ2v) is 7.55. The van der Waals surface area contributed by atoms with Gasteiger partial charge in [0.25, 0.3) is 0 Å². The molecule has 0 saturated carbocycles. The molecular weight excluding hydrogens is 366 g/mol. The minimum atomic E-state index is 0. The highest BCUT2D eigenvalue weighted by Gasteiger charge is 2.21. The largest absolute Gasteiger partial charge is 0.338 e. The number of thiophene rings is 1. The molecule has 0 unspecified atom stereocenters. The monoisotopic (exact) mass is 393 g/mol. The molecule has 1 amide bonds. The van der Waals surface area contributed by atoms with Crippen molar-refractivity contribution >= 4 is 29.7 Å². The Kier molecular flexibility index (Phi) is 8.59. The van der Waals surface area contributed by atoms with Crippen LogP contribution in [0.2, 0.25) is 0 Å². The molecule has 0 atom stereocenters. The average molecular weight is 394 g/mol. The number of rotatable bonds is 8. The van der Waals surface area contributed by atoms with Gasteiger partial charge in [0.1, 0.15) is 0 Å². The van der Waals surface area contributed by atoms with Crippen LogP contribution in [-0.4, -0.2) is 48.4 Å². The molecule has 6 heteroatoms. The summed E-state index contributed by atoms with van der Waals surface area (Å²) >= 11 is 1.81. The van der Waals surface area contributed by atoms with E-state index in [0.717, 1.165) is 45.6 Å². The van der Waals surface area contributed by atoms with Crippen LogP contribution in [0.3, 0.4) is 0 Å². The van der Waals surface area contributed by atoms with Gasteiger partial charge in [-0.2, -0.15) is 0 Å². The zero-order chi connectivity index (χ0) is 17.5. The number of halogens is 1. The highest BCUT2D eigenvalue weighted by Crippen LogP contribution is 2.24. The van der Waals surface area contributed by atoms with Crippen molar-refractivity contribution < 1.29 is 4.79 Å². The molecule has 0 spiro atoms. The highest BCUT2D eigenvalue weighted by molar-refractivity contribution is 7.10. The van der Waals surface area contributed by atoms with E-state index in [1.54, 1.807) is 0 Å². The van der Waals surface area contributed by atoms with Gasteiger partial charge in [0.05, 0.1) is 0 Å². The van der Waals surface area contributed by atoms with Crippen LogP contribution in [0, 0.1) is 0 Å². The molecule has 26 heavy (non-hydrogen) atoms. The lowest BCUT2D eigenvalue weighted by molar-refractivity contribution is -0.132. The van der Waals surface area contributed by atoms with Crippen LogP contribution in [0.25, 0.3) is 0 Å². The van der Waals surface area contributed by atoms with Crippen molar-refractivity contribution in [3.63, 3.8) is 0 Å². The van der Waals surface area contributed by atoms with Crippen molar-refractivity contribution in [3.8, 4) is 0 Å². The van der Waals surface area contributed by atoms with Crippen molar-refractivity contribution in [2.45, 2.75) is 25.8 Å². The summed E-state index contributed by atoms with van der Waals surface area (Å²) in [4.78, 5) is 18.3. The fourth-order valence-electron chi connectivity index (χ4n) is 3.32. The van der Waals surface area contributed by atoms with E-state index in [1.165, 1.54) is 16.0 Å². The van der Waals surface area contributed by atoms with E-state index in [1.807, 2.05) is 22.3 Å². The normalized spacial score (nSPS) is 13.4. The third kappa shape index (κ3) is 5.81. The van der Waals surface area contributed by atoms with Crippen molar-refractivity contribution in [1.29, 1.82) is 0 Å². The summed E-state index contributed by atoms with van der Waals surface area (Å²) in [5.74, 6) is 0.263. The molecule has 0 bridgehead atoms. The predicted octanol–water partition coefficient (Wildman–Crippen LogP) is 2.95. The predicted molar refractivity (Wildman–Crippen MR) is 111 cm³/mol. The van der Waals surface area contributed by atoms with E-state index in [-0.39, 0.29) is 18.3 Å². The van der Waals surface area contributed by atoms with E-state index in [9.17, 15) is 4.79 Å². The summed E-state index contributed by atoms with van der Waals surface area (Å²) in [5, 5.41) is 2.13. The number of amides is 1. The van der Waals surface area contributed by atoms with Gasteiger partial charge in [0, 0.05) is 50.6 Å². The van der Waals surface area contributed by atoms with E-state index in [2.05, 4.69) is 40.6 Å². The third-order valence-corrected chi connectivity index (χ3v) is 5.83. The Morgan fingerprint density at radius 1 is 1.15 bits per heavy atom. The van der Waals surface area contributed by atoms with Crippen molar-refractivity contribution in [1.82, 2.24) is 9.80 Å². The molecule has 142 valence electrons. The van der Waals surface area contributed by atoms with Crippen molar-refractivity contribution in [3.05, 3.63) is 57.8 Å². The summed E-state index contributed by atoms with van der Waals surface area (Å²) in [7, 11) is 0. The third-order valence-electron chi connectivity index (χ3n) is 4.81. The molecule has 1 aliphatic heterocycles. The van der Waals surface area contributed by atoms with Crippen LogP contribution in [-0.2, 0) is 24.2 Å². The Labute approximate surface area is 166 Å². The summed E-state index contributed by atoms with van der Waals surface area (Å²) in [6, 6.07) is 12.6. The molecule has 2 aromatic rings. The van der Waals surface area contributed by atoms with E-state index >= 15 is 0 Å². The first-order valence-electron chi connectivity index (χ1n) is 9.05. The van der Waals surface area contributed by atoms with Crippen molar-refractivity contribution in [2.75, 3.05) is 32.7 Å². The number of carbonyl (C=O) groups is 1. The summed E-state index contributed by atoms with van der Waals surface area (Å²) in [5.41, 5.74) is 8.41. The zero-order valence-corrected chi connectivity index (χ0v) is 16.7. The van der Waals surface area contributed by atoms with Crippen LogP contribution < -0.4 is 5.73 Å². The van der Waals surface area contributed by atoms with Crippen LogP contribution in [0.5, 0.6) is 0 Å². The SMILES string of the molecule is Cl.NCCN(CCC(=O)N1CCc2sccc2C1)CCc1ccccc1. The van der Waals surface area contributed by atoms with E-state index < -0.39 is 0 Å². The number of hydrogen-bond donors (Lipinski definition) is 1. The maximum atomic E-state index is 12.6. The zero-order valence-electron chi connectivity index (χ0n) is 15.1. The lowest BCUT2D eigenvalue weighted by Gasteiger charge is -2.28. The molecule has 0 fully saturated rings. The Bertz CT molecular complexity index is 677. The minimum Gasteiger partial charge on any atom is -0.338 e. The van der Waals surface area contributed by atoms with E-state index in [4.69, 9.17) is 5.73 Å². The molecule has 1 aromatic heterocycles. The molecule has 2 N–H and O–H groups in total. The molecule has 0 radical (unpaired) electrons. The maximum Gasteiger partial charge on any atom is 0.224 e. The topological polar surface area (TPSA) is 49.6 Å². The first-order chi connectivity index (χ1) is 12.3. The van der Waals surface area contributed by atoms with Gasteiger partial charge in [-0.25, -0.2) is 0 Å². The van der Waals surface area contributed by atoms with Crippen molar-refractivity contribution in [2.24, 2.45) is 5.73 Å². The first-order valence-corrected chi connectivity index (χ1v) is 9.93. The van der Waals surface area contributed by atoms with Gasteiger partial charge in [-0.1, -0.05) is 30.3 Å². The van der Waals surface area contributed by atoms with Gasteiger partial charge in [0.2, 0.25) is 5.91 Å². The number of hydrogen-bond acceptors (Lipinski definition) is 4. The van der Waals surface area contributed by atoms with Gasteiger partial charge in [0.15, 0.2) is 0 Å². The smallest absolute Gasteiger partial charge is 0.224 e. The number of carbonyl (C=O) groups excluding carboxylic acids is 1. The molecule has 1 aromatic carbocycles. The van der Waals surface area contributed by atoms with Crippen LogP contribution >= 0.6 is 23.7 Å². The first kappa shape index (κ1) is 20.9. The Hall–Kier alpha value is -1.40. The number of nitrogens with two attached hydrogens (primary N) is 1. The Balaban J connectivity index is 0.00000243. The fraction of sp³-hybridized carbons (Fsp3) is 0.450. The average Bonchev–Trinajstić information content (AvgIpc) is 3.12. The molecule has 0 saturated heterocycles. The number of fused-ring (bicyclic) bond motifs is 1. The van der Waals surface area contributed by atoms with Crippen LogP contribution in [0.4, 0.5) is 0 Å². The van der Waals surface area contributed by atoms with Gasteiger partial charge in [-0.15, -0.1) is 23.7 Å². The van der Waals surface area contributed by atoms with Crippen LogP contribution in [0.15, 0.2) is 41.8 Å². The van der Waals surface area contributed by atoms with Gasteiger partial charge in [-0.05, 0) is 35.4 Å². The lowest BCUT2D eigenvalue weighted by Crippen LogP contribution is -2.39. The molecule has 2 heterocycles. The molecule has 3 rings (SSSR count). The molecule has 4 nitrogen and oxygen atoms in total. The maximum absolute atomic E-state index is 12.6. The van der Waals surface area contributed by atoms with Crippen LogP contribution in [0.1, 0.15) is 22.4 Å². The lowest BCUT2D eigenvalue weighted by atomic mass is 10.1. The second kappa shape index (κ2) is 10.7. The van der Waals surface area contributed by atoms with Gasteiger partial charge in [-0.3, -0.25) is 4.79 Å². The Morgan fingerprint density at radius 2 is 1.96 bits per heavy atom. The molecular formula is C20H28ClN3OS. The summed E-state index contributed by atoms with van der Waals surface area (Å²) < 4.78 is 0. The second-order valence-electron chi connectivity index (χ2n) is 6.55.